The first-order valence-electron chi connectivity index (χ1n) is 4.90. The van der Waals surface area contributed by atoms with Gasteiger partial charge >= 0.3 is 0 Å². The molecule has 0 spiro atoms. The van der Waals surface area contributed by atoms with E-state index in [9.17, 15) is 17.2 Å². The molecule has 0 aromatic heterocycles. The quantitative estimate of drug-likeness (QED) is 0.852. The normalized spacial score (nSPS) is 12.2. The third-order valence-corrected chi connectivity index (χ3v) is 3.98. The van der Waals surface area contributed by atoms with Crippen LogP contribution in [0.4, 0.5) is 8.78 Å². The summed E-state index contributed by atoms with van der Waals surface area (Å²) in [6.07, 6.45) is 0. The Morgan fingerprint density at radius 3 is 2.63 bits per heavy atom. The molecule has 5 nitrogen and oxygen atoms in total. The first kappa shape index (κ1) is 15.8. The van der Waals surface area contributed by atoms with Crippen molar-refractivity contribution >= 4 is 21.6 Å². The fourth-order valence-electron chi connectivity index (χ4n) is 1.11. The Kier molecular flexibility index (Phi) is 4.81. The van der Waals surface area contributed by atoms with Gasteiger partial charge in [0.25, 0.3) is 5.92 Å². The largest absolute Gasteiger partial charge is 0.390 e. The Morgan fingerprint density at radius 1 is 1.47 bits per heavy atom. The molecule has 0 saturated heterocycles. The highest BCUT2D eigenvalue weighted by molar-refractivity contribution is 7.89. The Labute approximate surface area is 113 Å². The molecule has 9 heteroatoms. The molecule has 0 fully saturated rings. The average Bonchev–Trinajstić information content (AvgIpc) is 2.37. The minimum absolute atomic E-state index is 0.0266. The summed E-state index contributed by atoms with van der Waals surface area (Å²) >= 11 is 5.66. The lowest BCUT2D eigenvalue weighted by atomic mass is 10.2. The lowest BCUT2D eigenvalue weighted by molar-refractivity contribution is -0.0437. The summed E-state index contributed by atoms with van der Waals surface area (Å²) in [7, 11) is -4.29. The number of benzene rings is 1. The molecule has 2 N–H and O–H groups in total. The molecule has 104 valence electrons. The number of alkyl halides is 2. The molecule has 0 bridgehead atoms. The summed E-state index contributed by atoms with van der Waals surface area (Å²) in [5.41, 5.74) is 0.0266. The van der Waals surface area contributed by atoms with E-state index in [-0.39, 0.29) is 10.6 Å². The van der Waals surface area contributed by atoms with Crippen LogP contribution < -0.4 is 4.72 Å². The van der Waals surface area contributed by atoms with Crippen molar-refractivity contribution in [2.45, 2.75) is 10.8 Å². The van der Waals surface area contributed by atoms with Gasteiger partial charge in [-0.3, -0.25) is 0 Å². The second-order valence-corrected chi connectivity index (χ2v) is 5.74. The minimum atomic E-state index is -4.29. The van der Waals surface area contributed by atoms with Gasteiger partial charge in [0.05, 0.1) is 23.2 Å². The van der Waals surface area contributed by atoms with E-state index >= 15 is 0 Å². The van der Waals surface area contributed by atoms with Crippen LogP contribution in [0.1, 0.15) is 5.56 Å². The summed E-state index contributed by atoms with van der Waals surface area (Å²) in [6.45, 7) is -2.75. The van der Waals surface area contributed by atoms with Crippen molar-refractivity contribution in [3.05, 3.63) is 28.8 Å². The SMILES string of the molecule is N#Cc1ccc(Cl)c(S(=O)(=O)NCC(F)(F)CO)c1. The smallest absolute Gasteiger partial charge is 0.283 e. The first-order chi connectivity index (χ1) is 8.72. The van der Waals surface area contributed by atoms with Crippen molar-refractivity contribution in [2.24, 2.45) is 0 Å². The number of sulfonamides is 1. The monoisotopic (exact) mass is 310 g/mol. The fraction of sp³-hybridized carbons (Fsp3) is 0.300. The van der Waals surface area contributed by atoms with Crippen LogP contribution in [0, 0.1) is 11.3 Å². The van der Waals surface area contributed by atoms with Gasteiger partial charge in [-0.1, -0.05) is 11.6 Å². The lowest BCUT2D eigenvalue weighted by Gasteiger charge is -2.14. The first-order valence-corrected chi connectivity index (χ1v) is 6.76. The highest BCUT2D eigenvalue weighted by atomic mass is 35.5. The van der Waals surface area contributed by atoms with Crippen LogP contribution in [-0.2, 0) is 10.0 Å². The maximum absolute atomic E-state index is 12.8. The number of nitriles is 1. The molecule has 0 aliphatic heterocycles. The van der Waals surface area contributed by atoms with Gasteiger partial charge in [0.15, 0.2) is 0 Å². The molecule has 0 aliphatic rings. The fourth-order valence-corrected chi connectivity index (χ4v) is 2.70. The maximum Gasteiger partial charge on any atom is 0.283 e. The summed E-state index contributed by atoms with van der Waals surface area (Å²) in [4.78, 5) is -0.470. The van der Waals surface area contributed by atoms with Crippen LogP contribution >= 0.6 is 11.6 Å². The highest BCUT2D eigenvalue weighted by Gasteiger charge is 2.30. The summed E-state index contributed by atoms with van der Waals surface area (Å²) < 4.78 is 50.7. The van der Waals surface area contributed by atoms with Crippen molar-refractivity contribution in [2.75, 3.05) is 13.2 Å². The molecule has 1 rings (SSSR count). The number of rotatable bonds is 5. The minimum Gasteiger partial charge on any atom is -0.390 e. The molecule has 0 heterocycles. The Hall–Kier alpha value is -1.27. The number of aliphatic hydroxyl groups excluding tert-OH is 1. The van der Waals surface area contributed by atoms with Gasteiger partial charge in [-0.2, -0.15) is 5.26 Å². The van der Waals surface area contributed by atoms with Crippen molar-refractivity contribution < 1.29 is 22.3 Å². The van der Waals surface area contributed by atoms with E-state index in [1.54, 1.807) is 10.8 Å². The van der Waals surface area contributed by atoms with Gasteiger partial charge in [0, 0.05) is 0 Å². The number of aliphatic hydroxyl groups is 1. The summed E-state index contributed by atoms with van der Waals surface area (Å²) in [6, 6.07) is 5.16. The third kappa shape index (κ3) is 4.11. The van der Waals surface area contributed by atoms with Gasteiger partial charge in [0.1, 0.15) is 11.5 Å². The maximum atomic E-state index is 12.8. The van der Waals surface area contributed by atoms with E-state index in [1.165, 1.54) is 12.1 Å². The van der Waals surface area contributed by atoms with Crippen LogP contribution in [-0.4, -0.2) is 32.6 Å². The molecule has 0 aliphatic carbocycles. The van der Waals surface area contributed by atoms with E-state index < -0.39 is 34.0 Å². The zero-order valence-corrected chi connectivity index (χ0v) is 11.0. The van der Waals surface area contributed by atoms with Gasteiger partial charge in [-0.25, -0.2) is 21.9 Å². The second-order valence-electron chi connectivity index (χ2n) is 3.60. The number of halogens is 3. The topological polar surface area (TPSA) is 90.2 Å². The van der Waals surface area contributed by atoms with Gasteiger partial charge in [-0.05, 0) is 18.2 Å². The van der Waals surface area contributed by atoms with Crippen LogP contribution in [0.3, 0.4) is 0 Å². The molecular weight excluding hydrogens is 302 g/mol. The van der Waals surface area contributed by atoms with Gasteiger partial charge in [-0.15, -0.1) is 0 Å². The van der Waals surface area contributed by atoms with E-state index in [4.69, 9.17) is 22.0 Å². The van der Waals surface area contributed by atoms with E-state index in [0.717, 1.165) is 6.07 Å². The highest BCUT2D eigenvalue weighted by Crippen LogP contribution is 2.23. The van der Waals surface area contributed by atoms with Crippen LogP contribution in [0.2, 0.25) is 5.02 Å². The summed E-state index contributed by atoms with van der Waals surface area (Å²) in [5, 5.41) is 16.8. The standard InChI is InChI=1S/C10H9ClF2N2O3S/c11-8-2-1-7(4-14)3-9(8)19(17,18)15-5-10(12,13)6-16/h1-3,15-16H,5-6H2. The number of hydrogen-bond acceptors (Lipinski definition) is 4. The number of hydrogen-bond donors (Lipinski definition) is 2. The molecule has 0 radical (unpaired) electrons. The lowest BCUT2D eigenvalue weighted by Crippen LogP contribution is -2.39. The van der Waals surface area contributed by atoms with Crippen molar-refractivity contribution in [3.63, 3.8) is 0 Å². The van der Waals surface area contributed by atoms with Crippen molar-refractivity contribution in [1.29, 1.82) is 5.26 Å². The Morgan fingerprint density at radius 2 is 2.11 bits per heavy atom. The van der Waals surface area contributed by atoms with Crippen molar-refractivity contribution in [1.82, 2.24) is 4.72 Å². The average molecular weight is 311 g/mol. The predicted molar refractivity (Wildman–Crippen MR) is 63.4 cm³/mol. The van der Waals surface area contributed by atoms with E-state index in [1.807, 2.05) is 0 Å². The van der Waals surface area contributed by atoms with E-state index in [2.05, 4.69) is 0 Å². The zero-order valence-electron chi connectivity index (χ0n) is 9.40. The molecule has 0 unspecified atom stereocenters. The molecule has 19 heavy (non-hydrogen) atoms. The molecule has 0 atom stereocenters. The Bertz CT molecular complexity index is 614. The predicted octanol–water partition coefficient (Wildman–Crippen LogP) is 1.12. The third-order valence-electron chi connectivity index (χ3n) is 2.10. The van der Waals surface area contributed by atoms with Gasteiger partial charge < -0.3 is 5.11 Å². The number of nitrogens with one attached hydrogen (secondary N) is 1. The molecule has 0 saturated carbocycles. The molecule has 1 aromatic rings. The molecule has 1 aromatic carbocycles. The van der Waals surface area contributed by atoms with Crippen molar-refractivity contribution in [3.8, 4) is 6.07 Å². The molecular formula is C10H9ClF2N2O3S. The van der Waals surface area contributed by atoms with Crippen LogP contribution in [0.5, 0.6) is 0 Å². The zero-order chi connectivity index (χ0) is 14.7. The van der Waals surface area contributed by atoms with Crippen LogP contribution in [0.25, 0.3) is 0 Å². The van der Waals surface area contributed by atoms with Crippen LogP contribution in [0.15, 0.2) is 23.1 Å². The van der Waals surface area contributed by atoms with Gasteiger partial charge in [0.2, 0.25) is 10.0 Å². The second kappa shape index (κ2) is 5.79. The number of nitrogens with zero attached hydrogens (tertiary/aromatic N) is 1. The molecule has 0 amide bonds. The summed E-state index contributed by atoms with van der Waals surface area (Å²) in [5.74, 6) is -3.58. The Balaban J connectivity index is 3.05. The van der Waals surface area contributed by atoms with E-state index in [0.29, 0.717) is 0 Å².